The molecule has 3 aromatic heterocycles. The second-order valence-corrected chi connectivity index (χ2v) is 10.7. The van der Waals surface area contributed by atoms with E-state index < -0.39 is 41.4 Å². The number of alkyl halides is 3. The molecule has 0 saturated carbocycles. The molecule has 0 bridgehead atoms. The molecule has 0 aliphatic carbocycles. The number of primary amides is 1. The Hall–Kier alpha value is -5.98. The van der Waals surface area contributed by atoms with Gasteiger partial charge in [0, 0.05) is 45.7 Å². The van der Waals surface area contributed by atoms with E-state index in [1.165, 1.54) is 17.4 Å². The molecule has 1 aliphatic rings. The van der Waals surface area contributed by atoms with Crippen LogP contribution in [0.1, 0.15) is 27.4 Å². The molecule has 4 heterocycles. The van der Waals surface area contributed by atoms with Crippen LogP contribution in [0.5, 0.6) is 0 Å². The number of aromatic amines is 1. The first-order chi connectivity index (χ1) is 22.7. The molecular weight excluding hydrogens is 665 g/mol. The fourth-order valence-corrected chi connectivity index (χ4v) is 5.32. The summed E-state index contributed by atoms with van der Waals surface area (Å²) >= 11 is 1.40. The number of carboxylic acids is 1. The normalized spacial score (nSPS) is 12.5. The number of H-pyrrole nitrogens is 1. The van der Waals surface area contributed by atoms with Gasteiger partial charge in [-0.1, -0.05) is 12.1 Å². The predicted molar refractivity (Wildman–Crippen MR) is 162 cm³/mol. The molecule has 6 N–H and O–H groups in total. The zero-order chi connectivity index (χ0) is 34.7. The summed E-state index contributed by atoms with van der Waals surface area (Å²) in [7, 11) is 0. The van der Waals surface area contributed by atoms with Gasteiger partial charge in [0.25, 0.3) is 0 Å². The molecule has 0 atom stereocenters. The molecule has 13 nitrogen and oxygen atoms in total. The summed E-state index contributed by atoms with van der Waals surface area (Å²) in [5.74, 6) is -4.71. The SMILES string of the molecule is Cc1csc(-c2ccc(C(N)=O)cc2-c2nc(NCc3ncc[nH]3)nc3c2CNC(=O)N3c2c(F)cccc2F)n1.O=C(O)C(F)(F)F. The van der Waals surface area contributed by atoms with Gasteiger partial charge in [-0.2, -0.15) is 18.2 Å². The second kappa shape index (κ2) is 13.4. The Morgan fingerprint density at radius 1 is 1.10 bits per heavy atom. The quantitative estimate of drug-likeness (QED) is 0.142. The van der Waals surface area contributed by atoms with Crippen molar-refractivity contribution in [3.05, 3.63) is 88.5 Å². The van der Waals surface area contributed by atoms with Gasteiger partial charge in [-0.05, 0) is 31.2 Å². The number of urea groups is 1. The number of carbonyl (C=O) groups is 3. The predicted octanol–water partition coefficient (Wildman–Crippen LogP) is 5.28. The van der Waals surface area contributed by atoms with Crippen LogP contribution < -0.4 is 21.3 Å². The molecule has 19 heteroatoms. The number of aliphatic carboxylic acids is 1. The lowest BCUT2D eigenvalue weighted by Crippen LogP contribution is -2.43. The summed E-state index contributed by atoms with van der Waals surface area (Å²) in [6, 6.07) is 7.42. The van der Waals surface area contributed by atoms with Gasteiger partial charge in [0.2, 0.25) is 11.9 Å². The number of benzene rings is 2. The highest BCUT2D eigenvalue weighted by Crippen LogP contribution is 2.42. The maximum atomic E-state index is 15.0. The lowest BCUT2D eigenvalue weighted by Gasteiger charge is -2.31. The summed E-state index contributed by atoms with van der Waals surface area (Å²) in [5, 5.41) is 15.4. The van der Waals surface area contributed by atoms with E-state index in [4.69, 9.17) is 20.6 Å². The molecule has 48 heavy (non-hydrogen) atoms. The molecule has 3 amide bonds. The zero-order valence-corrected chi connectivity index (χ0v) is 25.2. The van der Waals surface area contributed by atoms with Crippen molar-refractivity contribution in [2.75, 3.05) is 10.2 Å². The minimum atomic E-state index is -5.08. The molecule has 1 aliphatic heterocycles. The Bertz CT molecular complexity index is 2000. The Balaban J connectivity index is 0.000000582. The number of nitrogens with one attached hydrogen (secondary N) is 3. The Morgan fingerprint density at radius 3 is 2.40 bits per heavy atom. The van der Waals surface area contributed by atoms with Crippen molar-refractivity contribution < 1.29 is 41.4 Å². The number of nitrogens with two attached hydrogens (primary N) is 1. The van der Waals surface area contributed by atoms with Crippen molar-refractivity contribution in [3.8, 4) is 21.8 Å². The topological polar surface area (TPSA) is 192 Å². The Morgan fingerprint density at radius 2 is 1.81 bits per heavy atom. The zero-order valence-electron chi connectivity index (χ0n) is 24.4. The third kappa shape index (κ3) is 7.04. The van der Waals surface area contributed by atoms with Crippen LogP contribution in [0, 0.1) is 18.6 Å². The van der Waals surface area contributed by atoms with Gasteiger partial charge >= 0.3 is 18.2 Å². The number of hydrogen-bond acceptors (Lipinski definition) is 9. The van der Waals surface area contributed by atoms with E-state index in [9.17, 15) is 31.5 Å². The van der Waals surface area contributed by atoms with Crippen LogP contribution in [0.15, 0.2) is 54.2 Å². The van der Waals surface area contributed by atoms with Gasteiger partial charge in [-0.15, -0.1) is 11.3 Å². The maximum Gasteiger partial charge on any atom is 0.490 e. The monoisotopic (exact) mass is 687 g/mol. The van der Waals surface area contributed by atoms with Crippen LogP contribution >= 0.6 is 11.3 Å². The fourth-order valence-electron chi connectivity index (χ4n) is 4.49. The van der Waals surface area contributed by atoms with Crippen LogP contribution in [0.25, 0.3) is 21.8 Å². The van der Waals surface area contributed by atoms with Crippen LogP contribution in [0.2, 0.25) is 0 Å². The maximum absolute atomic E-state index is 15.0. The number of aromatic nitrogens is 5. The number of amides is 3. The minimum absolute atomic E-state index is 0.0320. The first-order valence-electron chi connectivity index (χ1n) is 13.6. The van der Waals surface area contributed by atoms with Gasteiger partial charge in [0.1, 0.15) is 28.2 Å². The molecule has 0 fully saturated rings. The molecule has 6 rings (SSSR count). The first-order valence-corrected chi connectivity index (χ1v) is 14.4. The Labute approximate surface area is 270 Å². The van der Waals surface area contributed by atoms with E-state index in [0.29, 0.717) is 33.2 Å². The van der Waals surface area contributed by atoms with Crippen molar-refractivity contribution in [3.63, 3.8) is 0 Å². The summed E-state index contributed by atoms with van der Waals surface area (Å²) in [5.41, 5.74) is 7.84. The number of aryl methyl sites for hydroxylation is 1. The molecule has 0 unspecified atom stereocenters. The van der Waals surface area contributed by atoms with Crippen LogP contribution in [-0.4, -0.2) is 54.1 Å². The highest BCUT2D eigenvalue weighted by Gasteiger charge is 2.38. The average Bonchev–Trinajstić information content (AvgIpc) is 3.72. The third-order valence-corrected chi connectivity index (χ3v) is 7.59. The number of para-hydroxylation sites is 1. The van der Waals surface area contributed by atoms with Crippen LogP contribution in [0.4, 0.5) is 44.2 Å². The second-order valence-electron chi connectivity index (χ2n) is 9.87. The number of anilines is 3. The van der Waals surface area contributed by atoms with Crippen LogP contribution in [-0.2, 0) is 17.9 Å². The van der Waals surface area contributed by atoms with E-state index >= 15 is 0 Å². The van der Waals surface area contributed by atoms with Crippen molar-refractivity contribution in [1.82, 2.24) is 30.2 Å². The van der Waals surface area contributed by atoms with Crippen molar-refractivity contribution in [1.29, 1.82) is 0 Å². The van der Waals surface area contributed by atoms with Gasteiger partial charge in [0.15, 0.2) is 5.82 Å². The Kier molecular flexibility index (Phi) is 9.32. The highest BCUT2D eigenvalue weighted by atomic mass is 32.1. The third-order valence-electron chi connectivity index (χ3n) is 6.60. The number of imidazole rings is 1. The van der Waals surface area contributed by atoms with E-state index in [2.05, 4.69) is 30.6 Å². The van der Waals surface area contributed by atoms with Crippen molar-refractivity contribution in [2.24, 2.45) is 5.73 Å². The van der Waals surface area contributed by atoms with Gasteiger partial charge < -0.3 is 26.5 Å². The number of thiazole rings is 1. The first kappa shape index (κ1) is 33.4. The largest absolute Gasteiger partial charge is 0.490 e. The lowest BCUT2D eigenvalue weighted by molar-refractivity contribution is -0.192. The minimum Gasteiger partial charge on any atom is -0.475 e. The highest BCUT2D eigenvalue weighted by molar-refractivity contribution is 7.13. The number of halogens is 5. The molecular formula is C29H22F5N9O4S. The number of rotatable bonds is 7. The molecule has 0 spiro atoms. The molecule has 5 aromatic rings. The van der Waals surface area contributed by atoms with Crippen molar-refractivity contribution >= 4 is 46.7 Å². The smallest absolute Gasteiger partial charge is 0.475 e. The molecule has 0 saturated heterocycles. The van der Waals surface area contributed by atoms with E-state index in [-0.39, 0.29) is 30.4 Å². The number of hydrogen-bond donors (Lipinski definition) is 5. The fraction of sp³-hybridized carbons (Fsp3) is 0.138. The van der Waals surface area contributed by atoms with Crippen molar-refractivity contribution in [2.45, 2.75) is 26.2 Å². The molecule has 0 radical (unpaired) electrons. The summed E-state index contributed by atoms with van der Waals surface area (Å²) in [6.07, 6.45) is -1.85. The average molecular weight is 688 g/mol. The molecule has 248 valence electrons. The van der Waals surface area contributed by atoms with E-state index in [1.807, 2.05) is 12.3 Å². The summed E-state index contributed by atoms with van der Waals surface area (Å²) < 4.78 is 61.7. The van der Waals surface area contributed by atoms with Gasteiger partial charge in [-0.25, -0.2) is 38.2 Å². The number of carboxylic acid groups (broad SMARTS) is 1. The number of carbonyl (C=O) groups excluding carboxylic acids is 2. The molecule has 2 aromatic carbocycles. The summed E-state index contributed by atoms with van der Waals surface area (Å²) in [6.45, 7) is 1.99. The van der Waals surface area contributed by atoms with Gasteiger partial charge in [-0.3, -0.25) is 4.79 Å². The summed E-state index contributed by atoms with van der Waals surface area (Å²) in [4.78, 5) is 56.0. The number of nitrogens with zero attached hydrogens (tertiary/aromatic N) is 5. The standard InChI is InChI=1S/C27H21F2N9O2S.C2HF3O2/c1-13-12-41-25(35-13)15-6-5-14(23(30)39)9-16(15)21-17-10-34-27(40)38(22-18(28)3-2-4-19(22)29)24(17)37-26(36-21)33-11-20-31-7-8-32-20;3-2(4,5)1(6)7/h2-9,12H,10-11H2,1H3,(H2,30,39)(H,31,32)(H,34,40)(H,33,36,37);(H,6,7). The van der Waals surface area contributed by atoms with E-state index in [1.54, 1.807) is 30.6 Å². The lowest BCUT2D eigenvalue weighted by atomic mass is 9.97. The van der Waals surface area contributed by atoms with E-state index in [0.717, 1.165) is 22.7 Å². The van der Waals surface area contributed by atoms with Gasteiger partial charge in [0.05, 0.1) is 18.8 Å². The number of fused-ring (bicyclic) bond motifs is 1. The van der Waals surface area contributed by atoms with Crippen LogP contribution in [0.3, 0.4) is 0 Å².